The van der Waals surface area contributed by atoms with Crippen molar-refractivity contribution in [3.8, 4) is 5.75 Å². The summed E-state index contributed by atoms with van der Waals surface area (Å²) >= 11 is 2.96. The number of nitrogens with one attached hydrogen (secondary N) is 1. The van der Waals surface area contributed by atoms with Crippen LogP contribution in [0, 0.1) is 13.8 Å². The molecule has 7 nitrogen and oxygen atoms in total. The first-order chi connectivity index (χ1) is 12.6. The number of hydrogen-bond acceptors (Lipinski definition) is 8. The largest absolute Gasteiger partial charge is 0.489 e. The average Bonchev–Trinajstić information content (AvgIpc) is 3.20. The summed E-state index contributed by atoms with van der Waals surface area (Å²) in [5, 5.41) is 15.1. The standard InChI is InChI=1S/C17H18N4O3S2/c1-4-25-17-20-19-16(26-17)18-15(22)12-5-7-13(8-6-12)23-9-14-10(2)21-24-11(14)3/h5-8H,4,9H2,1-3H3,(H,18,19,22). The van der Waals surface area contributed by atoms with Gasteiger partial charge in [-0.1, -0.05) is 35.2 Å². The molecule has 0 aliphatic carbocycles. The molecule has 26 heavy (non-hydrogen) atoms. The van der Waals surface area contributed by atoms with Crippen LogP contribution in [0.15, 0.2) is 33.1 Å². The van der Waals surface area contributed by atoms with Crippen LogP contribution in [-0.2, 0) is 6.61 Å². The minimum atomic E-state index is -0.230. The number of amides is 1. The normalized spacial score (nSPS) is 10.7. The molecule has 136 valence electrons. The average molecular weight is 390 g/mol. The van der Waals surface area contributed by atoms with Gasteiger partial charge in [0.15, 0.2) is 4.34 Å². The Balaban J connectivity index is 1.58. The first-order valence-electron chi connectivity index (χ1n) is 7.99. The minimum Gasteiger partial charge on any atom is -0.489 e. The van der Waals surface area contributed by atoms with Gasteiger partial charge < -0.3 is 9.26 Å². The van der Waals surface area contributed by atoms with Crippen molar-refractivity contribution in [2.75, 3.05) is 11.1 Å². The quantitative estimate of drug-likeness (QED) is 0.480. The third-order valence-electron chi connectivity index (χ3n) is 3.58. The highest BCUT2D eigenvalue weighted by atomic mass is 32.2. The van der Waals surface area contributed by atoms with Gasteiger partial charge in [0.1, 0.15) is 18.1 Å². The van der Waals surface area contributed by atoms with Crippen molar-refractivity contribution in [1.29, 1.82) is 0 Å². The molecule has 0 fully saturated rings. The van der Waals surface area contributed by atoms with Gasteiger partial charge in [-0.05, 0) is 43.9 Å². The minimum absolute atomic E-state index is 0.230. The number of thioether (sulfide) groups is 1. The van der Waals surface area contributed by atoms with E-state index in [1.54, 1.807) is 36.0 Å². The second kappa shape index (κ2) is 8.33. The molecule has 3 rings (SSSR count). The van der Waals surface area contributed by atoms with Gasteiger partial charge in [-0.3, -0.25) is 10.1 Å². The van der Waals surface area contributed by atoms with Crippen LogP contribution in [0.3, 0.4) is 0 Å². The van der Waals surface area contributed by atoms with E-state index in [9.17, 15) is 4.79 Å². The van der Waals surface area contributed by atoms with Gasteiger partial charge in [0.05, 0.1) is 11.3 Å². The van der Waals surface area contributed by atoms with Gasteiger partial charge in [0.2, 0.25) is 5.13 Å². The zero-order chi connectivity index (χ0) is 18.5. The SMILES string of the molecule is CCSc1nnc(NC(=O)c2ccc(OCc3c(C)noc3C)cc2)s1. The molecular formula is C17H18N4O3S2. The second-order valence-corrected chi connectivity index (χ2v) is 7.86. The van der Waals surface area contributed by atoms with Crippen LogP contribution < -0.4 is 10.1 Å². The molecule has 0 unspecified atom stereocenters. The van der Waals surface area contributed by atoms with Gasteiger partial charge in [0.25, 0.3) is 5.91 Å². The summed E-state index contributed by atoms with van der Waals surface area (Å²) in [6.07, 6.45) is 0. The fourth-order valence-electron chi connectivity index (χ4n) is 2.18. The van der Waals surface area contributed by atoms with Crippen LogP contribution in [0.5, 0.6) is 5.75 Å². The predicted octanol–water partition coefficient (Wildman–Crippen LogP) is 4.09. The van der Waals surface area contributed by atoms with Crippen LogP contribution in [0.1, 0.15) is 34.3 Å². The number of anilines is 1. The highest BCUT2D eigenvalue weighted by Crippen LogP contribution is 2.25. The van der Waals surface area contributed by atoms with E-state index in [2.05, 4.69) is 20.7 Å². The second-order valence-electron chi connectivity index (χ2n) is 5.38. The van der Waals surface area contributed by atoms with E-state index in [1.165, 1.54) is 11.3 Å². The highest BCUT2D eigenvalue weighted by molar-refractivity contribution is 8.01. The molecule has 0 saturated carbocycles. The van der Waals surface area contributed by atoms with E-state index >= 15 is 0 Å². The lowest BCUT2D eigenvalue weighted by Gasteiger charge is -2.07. The Bertz CT molecular complexity index is 870. The fraction of sp³-hybridized carbons (Fsp3) is 0.294. The molecule has 1 amide bonds. The number of ether oxygens (including phenoxy) is 1. The Labute approximate surface area is 159 Å². The summed E-state index contributed by atoms with van der Waals surface area (Å²) in [6, 6.07) is 6.93. The van der Waals surface area contributed by atoms with Crippen molar-refractivity contribution in [2.45, 2.75) is 31.7 Å². The van der Waals surface area contributed by atoms with E-state index in [0.29, 0.717) is 23.1 Å². The maximum absolute atomic E-state index is 12.3. The smallest absolute Gasteiger partial charge is 0.257 e. The summed E-state index contributed by atoms with van der Waals surface area (Å²) in [6.45, 7) is 6.14. The Morgan fingerprint density at radius 3 is 2.69 bits per heavy atom. The third-order valence-corrected chi connectivity index (χ3v) is 5.43. The van der Waals surface area contributed by atoms with Crippen LogP contribution in [0.2, 0.25) is 0 Å². The van der Waals surface area contributed by atoms with E-state index < -0.39 is 0 Å². The van der Waals surface area contributed by atoms with Crippen molar-refractivity contribution < 1.29 is 14.1 Å². The number of hydrogen-bond donors (Lipinski definition) is 1. The summed E-state index contributed by atoms with van der Waals surface area (Å²) in [4.78, 5) is 12.3. The molecule has 1 N–H and O–H groups in total. The molecule has 0 aliphatic rings. The zero-order valence-electron chi connectivity index (χ0n) is 14.6. The maximum atomic E-state index is 12.3. The number of carbonyl (C=O) groups excluding carboxylic acids is 1. The van der Waals surface area contributed by atoms with Crippen molar-refractivity contribution >= 4 is 34.1 Å². The first kappa shape index (κ1) is 18.4. The molecule has 0 aliphatic heterocycles. The van der Waals surface area contributed by atoms with Crippen molar-refractivity contribution in [1.82, 2.24) is 15.4 Å². The van der Waals surface area contributed by atoms with Crippen LogP contribution >= 0.6 is 23.1 Å². The molecule has 0 radical (unpaired) electrons. The van der Waals surface area contributed by atoms with Gasteiger partial charge in [-0.25, -0.2) is 0 Å². The van der Waals surface area contributed by atoms with Crippen LogP contribution in [-0.4, -0.2) is 27.0 Å². The van der Waals surface area contributed by atoms with Gasteiger partial charge >= 0.3 is 0 Å². The number of carbonyl (C=O) groups is 1. The molecule has 0 saturated heterocycles. The summed E-state index contributed by atoms with van der Waals surface area (Å²) in [5.41, 5.74) is 2.27. The summed E-state index contributed by atoms with van der Waals surface area (Å²) in [5.74, 6) is 2.10. The molecule has 0 bridgehead atoms. The molecule has 0 atom stereocenters. The lowest BCUT2D eigenvalue weighted by molar-refractivity contribution is 0.102. The van der Waals surface area contributed by atoms with Crippen molar-refractivity contribution in [3.05, 3.63) is 46.8 Å². The molecule has 9 heteroatoms. The molecule has 2 heterocycles. The lowest BCUT2D eigenvalue weighted by Crippen LogP contribution is -2.11. The molecular weight excluding hydrogens is 372 g/mol. The number of aromatic nitrogens is 3. The topological polar surface area (TPSA) is 90.1 Å². The third kappa shape index (κ3) is 4.41. The molecule has 2 aromatic heterocycles. The van der Waals surface area contributed by atoms with Crippen LogP contribution in [0.25, 0.3) is 0 Å². The monoisotopic (exact) mass is 390 g/mol. The number of nitrogens with zero attached hydrogens (tertiary/aromatic N) is 3. The van der Waals surface area contributed by atoms with E-state index in [-0.39, 0.29) is 5.91 Å². The van der Waals surface area contributed by atoms with Gasteiger partial charge in [0, 0.05) is 5.56 Å². The van der Waals surface area contributed by atoms with Crippen LogP contribution in [0.4, 0.5) is 5.13 Å². The van der Waals surface area contributed by atoms with Crippen molar-refractivity contribution in [2.24, 2.45) is 0 Å². The fourth-order valence-corrected chi connectivity index (χ4v) is 3.82. The van der Waals surface area contributed by atoms with Gasteiger partial charge in [-0.15, -0.1) is 10.2 Å². The first-order valence-corrected chi connectivity index (χ1v) is 9.79. The predicted molar refractivity (Wildman–Crippen MR) is 101 cm³/mol. The molecule has 0 spiro atoms. The number of benzene rings is 1. The van der Waals surface area contributed by atoms with Gasteiger partial charge in [-0.2, -0.15) is 0 Å². The molecule has 3 aromatic rings. The summed E-state index contributed by atoms with van der Waals surface area (Å²) in [7, 11) is 0. The molecule has 1 aromatic carbocycles. The van der Waals surface area contributed by atoms with E-state index in [1.807, 2.05) is 20.8 Å². The maximum Gasteiger partial charge on any atom is 0.257 e. The van der Waals surface area contributed by atoms with E-state index in [0.717, 1.165) is 27.1 Å². The Morgan fingerprint density at radius 1 is 1.27 bits per heavy atom. The lowest BCUT2D eigenvalue weighted by atomic mass is 10.2. The Hall–Kier alpha value is -2.39. The van der Waals surface area contributed by atoms with Crippen molar-refractivity contribution in [3.63, 3.8) is 0 Å². The highest BCUT2D eigenvalue weighted by Gasteiger charge is 2.12. The Morgan fingerprint density at radius 2 is 2.04 bits per heavy atom. The Kier molecular flexibility index (Phi) is 5.89. The van der Waals surface area contributed by atoms with E-state index in [4.69, 9.17) is 9.26 Å². The number of rotatable bonds is 7. The summed E-state index contributed by atoms with van der Waals surface area (Å²) < 4.78 is 11.7. The zero-order valence-corrected chi connectivity index (χ0v) is 16.2. The number of aryl methyl sites for hydroxylation is 2.